The number of halogens is 2. The van der Waals surface area contributed by atoms with E-state index in [4.69, 9.17) is 0 Å². The number of rotatable bonds is 4. The molecule has 0 aliphatic heterocycles. The summed E-state index contributed by atoms with van der Waals surface area (Å²) in [6.07, 6.45) is 0. The van der Waals surface area contributed by atoms with E-state index in [0.717, 1.165) is 11.9 Å². The van der Waals surface area contributed by atoms with Crippen molar-refractivity contribution in [3.05, 3.63) is 0 Å². The summed E-state index contributed by atoms with van der Waals surface area (Å²) >= 11 is 3.26. The van der Waals surface area contributed by atoms with Gasteiger partial charge in [-0.1, -0.05) is 15.9 Å². The molecule has 0 atom stereocenters. The van der Waals surface area contributed by atoms with Gasteiger partial charge in [0.25, 0.3) is 0 Å². The van der Waals surface area contributed by atoms with Crippen LogP contribution in [0.15, 0.2) is 0 Å². The van der Waals surface area contributed by atoms with Gasteiger partial charge in [-0.3, -0.25) is 0 Å². The van der Waals surface area contributed by atoms with E-state index in [-0.39, 0.29) is 6.67 Å². The third-order valence-electron chi connectivity index (χ3n) is 0.932. The molecule has 50 valence electrons. The van der Waals surface area contributed by atoms with Gasteiger partial charge in [-0.25, -0.2) is 4.39 Å². The maximum atomic E-state index is 11.5. The summed E-state index contributed by atoms with van der Waals surface area (Å²) in [5.74, 6) is 0. The van der Waals surface area contributed by atoms with Crippen molar-refractivity contribution in [1.29, 1.82) is 0 Å². The predicted molar refractivity (Wildman–Crippen MR) is 37.3 cm³/mol. The first kappa shape index (κ1) is 8.37. The van der Waals surface area contributed by atoms with Crippen LogP contribution in [-0.2, 0) is 0 Å². The summed E-state index contributed by atoms with van der Waals surface area (Å²) < 4.78 is 11.5. The zero-order valence-corrected chi connectivity index (χ0v) is 6.62. The normalized spacial score (nSPS) is 10.5. The van der Waals surface area contributed by atoms with Gasteiger partial charge in [-0.2, -0.15) is 0 Å². The maximum Gasteiger partial charge on any atom is 0.102 e. The fraction of sp³-hybridized carbons (Fsp3) is 1.00. The Bertz CT molecular complexity index is 45.7. The fourth-order valence-electron chi connectivity index (χ4n) is 0.400. The highest BCUT2D eigenvalue weighted by atomic mass is 79.9. The third kappa shape index (κ3) is 4.53. The molecule has 0 aromatic heterocycles. The van der Waals surface area contributed by atoms with Crippen LogP contribution < -0.4 is 0 Å². The number of alkyl halides is 2. The van der Waals surface area contributed by atoms with Gasteiger partial charge < -0.3 is 4.90 Å². The molecule has 0 saturated heterocycles. The van der Waals surface area contributed by atoms with Crippen molar-refractivity contribution in [2.24, 2.45) is 0 Å². The lowest BCUT2D eigenvalue weighted by Gasteiger charge is -2.10. The van der Waals surface area contributed by atoms with Crippen LogP contribution in [0.25, 0.3) is 0 Å². The first-order valence-electron chi connectivity index (χ1n) is 2.61. The third-order valence-corrected chi connectivity index (χ3v) is 1.29. The van der Waals surface area contributed by atoms with Crippen molar-refractivity contribution < 1.29 is 4.39 Å². The zero-order valence-electron chi connectivity index (χ0n) is 5.03. The van der Waals surface area contributed by atoms with Gasteiger partial charge in [-0.05, 0) is 7.05 Å². The standard InChI is InChI=1S/C5H11BrFN/c1-8(4-2-6)5-3-7/h2-5H2,1H3. The number of nitrogens with zero attached hydrogens (tertiary/aromatic N) is 1. The molecule has 0 aliphatic rings. The van der Waals surface area contributed by atoms with Gasteiger partial charge in [0.1, 0.15) is 6.67 Å². The van der Waals surface area contributed by atoms with Gasteiger partial charge in [0.2, 0.25) is 0 Å². The van der Waals surface area contributed by atoms with Gasteiger partial charge in [0.05, 0.1) is 0 Å². The zero-order chi connectivity index (χ0) is 6.41. The molecule has 0 amide bonds. The smallest absolute Gasteiger partial charge is 0.102 e. The predicted octanol–water partition coefficient (Wildman–Crippen LogP) is 1.28. The van der Waals surface area contributed by atoms with Crippen LogP contribution in [0.4, 0.5) is 4.39 Å². The second kappa shape index (κ2) is 5.51. The largest absolute Gasteiger partial charge is 0.303 e. The molecule has 0 bridgehead atoms. The van der Waals surface area contributed by atoms with Gasteiger partial charge in [0.15, 0.2) is 0 Å². The molecule has 0 N–H and O–H groups in total. The Morgan fingerprint density at radius 1 is 1.50 bits per heavy atom. The molecule has 0 radical (unpaired) electrons. The van der Waals surface area contributed by atoms with E-state index < -0.39 is 0 Å². The van der Waals surface area contributed by atoms with E-state index in [1.54, 1.807) is 0 Å². The first-order valence-corrected chi connectivity index (χ1v) is 3.74. The molecule has 0 aromatic carbocycles. The van der Waals surface area contributed by atoms with E-state index >= 15 is 0 Å². The van der Waals surface area contributed by atoms with Crippen LogP contribution in [0.3, 0.4) is 0 Å². The highest BCUT2D eigenvalue weighted by molar-refractivity contribution is 9.09. The first-order chi connectivity index (χ1) is 3.81. The van der Waals surface area contributed by atoms with Gasteiger partial charge in [0, 0.05) is 18.4 Å². The highest BCUT2D eigenvalue weighted by Crippen LogP contribution is 1.85. The Morgan fingerprint density at radius 2 is 2.12 bits per heavy atom. The lowest BCUT2D eigenvalue weighted by molar-refractivity contribution is 0.310. The van der Waals surface area contributed by atoms with E-state index in [1.807, 2.05) is 11.9 Å². The quantitative estimate of drug-likeness (QED) is 0.595. The number of hydrogen-bond donors (Lipinski definition) is 0. The molecular weight excluding hydrogens is 173 g/mol. The topological polar surface area (TPSA) is 3.24 Å². The van der Waals surface area contributed by atoms with Crippen molar-refractivity contribution in [2.75, 3.05) is 32.1 Å². The van der Waals surface area contributed by atoms with E-state index in [0.29, 0.717) is 6.54 Å². The van der Waals surface area contributed by atoms with E-state index in [9.17, 15) is 4.39 Å². The lowest BCUT2D eigenvalue weighted by Crippen LogP contribution is -2.22. The molecule has 0 heterocycles. The van der Waals surface area contributed by atoms with Crippen molar-refractivity contribution in [3.8, 4) is 0 Å². The minimum Gasteiger partial charge on any atom is -0.303 e. The van der Waals surface area contributed by atoms with Gasteiger partial charge >= 0.3 is 0 Å². The Labute approximate surface area is 58.0 Å². The Kier molecular flexibility index (Phi) is 5.76. The molecular formula is C5H11BrFN. The van der Waals surface area contributed by atoms with Crippen LogP contribution in [0, 0.1) is 0 Å². The monoisotopic (exact) mass is 183 g/mol. The van der Waals surface area contributed by atoms with Crippen LogP contribution in [-0.4, -0.2) is 37.0 Å². The summed E-state index contributed by atoms with van der Waals surface area (Å²) in [6.45, 7) is 1.22. The Morgan fingerprint density at radius 3 is 2.50 bits per heavy atom. The second-order valence-corrected chi connectivity index (χ2v) is 2.47. The Hall–Kier alpha value is 0.370. The van der Waals surface area contributed by atoms with Crippen LogP contribution >= 0.6 is 15.9 Å². The molecule has 1 nitrogen and oxygen atoms in total. The summed E-state index contributed by atoms with van der Waals surface area (Å²) in [5, 5.41) is 0.920. The molecule has 0 saturated carbocycles. The van der Waals surface area contributed by atoms with E-state index in [1.165, 1.54) is 0 Å². The molecule has 3 heteroatoms. The Balaban J connectivity index is 2.92. The molecule has 0 aromatic rings. The van der Waals surface area contributed by atoms with Crippen LogP contribution in [0.2, 0.25) is 0 Å². The molecule has 0 fully saturated rings. The molecule has 0 spiro atoms. The average molecular weight is 184 g/mol. The van der Waals surface area contributed by atoms with Crippen LogP contribution in [0.5, 0.6) is 0 Å². The van der Waals surface area contributed by atoms with E-state index in [2.05, 4.69) is 15.9 Å². The molecule has 8 heavy (non-hydrogen) atoms. The lowest BCUT2D eigenvalue weighted by atomic mass is 10.6. The molecule has 0 aliphatic carbocycles. The average Bonchev–Trinajstić information content (AvgIpc) is 1.68. The van der Waals surface area contributed by atoms with Crippen molar-refractivity contribution in [2.45, 2.75) is 0 Å². The maximum absolute atomic E-state index is 11.5. The second-order valence-electron chi connectivity index (χ2n) is 1.68. The van der Waals surface area contributed by atoms with Crippen molar-refractivity contribution in [3.63, 3.8) is 0 Å². The SMILES string of the molecule is CN(CCF)CCBr. The highest BCUT2D eigenvalue weighted by Gasteiger charge is 1.92. The van der Waals surface area contributed by atoms with Crippen molar-refractivity contribution in [1.82, 2.24) is 4.90 Å². The summed E-state index contributed by atoms with van der Waals surface area (Å²) in [4.78, 5) is 1.94. The summed E-state index contributed by atoms with van der Waals surface area (Å²) in [7, 11) is 1.90. The minimum absolute atomic E-state index is 0.247. The molecule has 0 unspecified atom stereocenters. The summed E-state index contributed by atoms with van der Waals surface area (Å²) in [5.41, 5.74) is 0. The molecule has 0 rings (SSSR count). The van der Waals surface area contributed by atoms with Gasteiger partial charge in [-0.15, -0.1) is 0 Å². The number of hydrogen-bond acceptors (Lipinski definition) is 1. The van der Waals surface area contributed by atoms with Crippen molar-refractivity contribution >= 4 is 15.9 Å². The van der Waals surface area contributed by atoms with Crippen LogP contribution in [0.1, 0.15) is 0 Å². The fourth-order valence-corrected chi connectivity index (χ4v) is 1.01. The summed E-state index contributed by atoms with van der Waals surface area (Å²) in [6, 6.07) is 0. The minimum atomic E-state index is -0.247.